The predicted octanol–water partition coefficient (Wildman–Crippen LogP) is 5.62. The van der Waals surface area contributed by atoms with Crippen LogP contribution in [0.15, 0.2) is 36.4 Å². The first-order chi connectivity index (χ1) is 14.8. The third-order valence-electron chi connectivity index (χ3n) is 4.48. The van der Waals surface area contributed by atoms with E-state index in [1.165, 1.54) is 13.2 Å². The van der Waals surface area contributed by atoms with Gasteiger partial charge in [0.1, 0.15) is 0 Å². The molecule has 1 unspecified atom stereocenters. The van der Waals surface area contributed by atoms with Crippen LogP contribution in [0.2, 0.25) is 0 Å². The van der Waals surface area contributed by atoms with E-state index in [4.69, 9.17) is 0 Å². The number of allylic oxidation sites excluding steroid dienone is 1. The van der Waals surface area contributed by atoms with E-state index in [-0.39, 0.29) is 18.6 Å². The molecule has 1 aromatic heterocycles. The average molecular weight is 428 g/mol. The molecular weight excluding hydrogens is 390 g/mol. The summed E-state index contributed by atoms with van der Waals surface area (Å²) in [6.45, 7) is 13.9. The number of benzene rings is 1. The molecule has 0 saturated carbocycles. The van der Waals surface area contributed by atoms with Gasteiger partial charge in [0.25, 0.3) is 0 Å². The van der Waals surface area contributed by atoms with Crippen molar-refractivity contribution >= 4 is 17.8 Å². The molecule has 0 amide bonds. The van der Waals surface area contributed by atoms with Gasteiger partial charge >= 0.3 is 5.97 Å². The minimum atomic E-state index is -1.05. The van der Waals surface area contributed by atoms with Crippen LogP contribution in [0.5, 0.6) is 0 Å². The van der Waals surface area contributed by atoms with E-state index in [2.05, 4.69) is 9.72 Å². The number of aliphatic hydroxyl groups is 1. The zero-order chi connectivity index (χ0) is 24.0. The Kier molecular flexibility index (Phi) is 13.7. The van der Waals surface area contributed by atoms with Crippen LogP contribution in [-0.2, 0) is 14.3 Å². The Labute approximate surface area is 187 Å². The zero-order valence-corrected chi connectivity index (χ0v) is 20.2. The molecule has 0 aliphatic heterocycles. The highest BCUT2D eigenvalue weighted by Crippen LogP contribution is 2.31. The van der Waals surface area contributed by atoms with E-state index in [1.54, 1.807) is 6.08 Å². The smallest absolute Gasteiger partial charge is 0.308 e. The van der Waals surface area contributed by atoms with Crippen LogP contribution in [0.4, 0.5) is 0 Å². The first-order valence-electron chi connectivity index (χ1n) is 10.8. The summed E-state index contributed by atoms with van der Waals surface area (Å²) in [5.41, 5.74) is 5.81. The van der Waals surface area contributed by atoms with Crippen molar-refractivity contribution in [2.24, 2.45) is 0 Å². The maximum absolute atomic E-state index is 12.2. The van der Waals surface area contributed by atoms with Crippen molar-refractivity contribution < 1.29 is 19.4 Å². The molecule has 2 rings (SSSR count). The molecule has 0 spiro atoms. The molecular formula is C26H37NO4. The summed E-state index contributed by atoms with van der Waals surface area (Å²) >= 11 is 0. The summed E-state index contributed by atoms with van der Waals surface area (Å²) in [5, 5.41) is 9.82. The summed E-state index contributed by atoms with van der Waals surface area (Å²) in [6.07, 6.45) is 1.79. The largest absolute Gasteiger partial charge is 0.469 e. The molecule has 1 N–H and O–H groups in total. The molecule has 31 heavy (non-hydrogen) atoms. The van der Waals surface area contributed by atoms with Gasteiger partial charge in [0.15, 0.2) is 5.78 Å². The normalized spacial score (nSPS) is 11.0. The number of hydrogen-bond acceptors (Lipinski definition) is 5. The number of aromatic nitrogens is 1. The highest BCUT2D eigenvalue weighted by molar-refractivity contribution is 5.95. The molecule has 0 aliphatic carbocycles. The van der Waals surface area contributed by atoms with E-state index >= 15 is 0 Å². The molecule has 1 heterocycles. The highest BCUT2D eigenvalue weighted by atomic mass is 16.5. The van der Waals surface area contributed by atoms with Crippen molar-refractivity contribution in [3.63, 3.8) is 0 Å². The number of esters is 1. The van der Waals surface area contributed by atoms with Gasteiger partial charge in [0.2, 0.25) is 0 Å². The molecule has 5 heteroatoms. The molecule has 2 aromatic rings. The average Bonchev–Trinajstić information content (AvgIpc) is 2.78. The molecule has 1 atom stereocenters. The topological polar surface area (TPSA) is 76.5 Å². The lowest BCUT2D eigenvalue weighted by molar-refractivity contribution is -0.143. The van der Waals surface area contributed by atoms with Crippen LogP contribution in [0, 0.1) is 20.8 Å². The molecule has 0 radical (unpaired) electrons. The fraction of sp³-hybridized carbons (Fsp3) is 0.423. The Bertz CT molecular complexity index is 857. The Hall–Kier alpha value is -2.79. The number of rotatable bonds is 7. The van der Waals surface area contributed by atoms with Crippen molar-refractivity contribution in [1.29, 1.82) is 0 Å². The third-order valence-corrected chi connectivity index (χ3v) is 4.48. The number of ether oxygens (including phenoxy) is 1. The van der Waals surface area contributed by atoms with Gasteiger partial charge in [-0.15, -0.1) is 0 Å². The molecule has 0 bridgehead atoms. The summed E-state index contributed by atoms with van der Waals surface area (Å²) < 4.78 is 4.50. The number of ketones is 1. The highest BCUT2D eigenvalue weighted by Gasteiger charge is 2.16. The summed E-state index contributed by atoms with van der Waals surface area (Å²) in [7, 11) is 1.25. The number of carbonyl (C=O) groups is 2. The van der Waals surface area contributed by atoms with Gasteiger partial charge in [-0.1, -0.05) is 58.0 Å². The van der Waals surface area contributed by atoms with Crippen molar-refractivity contribution in [2.75, 3.05) is 7.11 Å². The fourth-order valence-corrected chi connectivity index (χ4v) is 2.96. The van der Waals surface area contributed by atoms with Gasteiger partial charge in [-0.05, 0) is 49.6 Å². The van der Waals surface area contributed by atoms with Gasteiger partial charge < -0.3 is 9.84 Å². The number of methoxy groups -OCH3 is 1. The Balaban J connectivity index is 0.00000212. The number of aryl methyl sites for hydroxylation is 2. The van der Waals surface area contributed by atoms with Crippen LogP contribution in [0.3, 0.4) is 0 Å². The van der Waals surface area contributed by atoms with Crippen LogP contribution in [0.25, 0.3) is 17.2 Å². The summed E-state index contributed by atoms with van der Waals surface area (Å²) in [6, 6.07) is 9.96. The molecule has 0 fully saturated rings. The van der Waals surface area contributed by atoms with Crippen molar-refractivity contribution in [1.82, 2.24) is 4.98 Å². The zero-order valence-electron chi connectivity index (χ0n) is 20.2. The van der Waals surface area contributed by atoms with Crippen LogP contribution in [0.1, 0.15) is 63.1 Å². The second kappa shape index (κ2) is 15.1. The molecule has 0 aliphatic rings. The van der Waals surface area contributed by atoms with E-state index in [1.807, 2.05) is 78.8 Å². The number of carbonyl (C=O) groups excluding carboxylic acids is 2. The van der Waals surface area contributed by atoms with Gasteiger partial charge in [-0.3, -0.25) is 14.6 Å². The lowest BCUT2D eigenvalue weighted by Crippen LogP contribution is -2.17. The van der Waals surface area contributed by atoms with Crippen LogP contribution in [-0.4, -0.2) is 35.1 Å². The third kappa shape index (κ3) is 8.85. The van der Waals surface area contributed by atoms with Crippen LogP contribution >= 0.6 is 0 Å². The fourth-order valence-electron chi connectivity index (χ4n) is 2.96. The Morgan fingerprint density at radius 2 is 1.58 bits per heavy atom. The molecule has 170 valence electrons. The van der Waals surface area contributed by atoms with E-state index in [9.17, 15) is 14.7 Å². The van der Waals surface area contributed by atoms with E-state index in [0.717, 1.165) is 33.6 Å². The monoisotopic (exact) mass is 427 g/mol. The van der Waals surface area contributed by atoms with Gasteiger partial charge in [-0.2, -0.15) is 0 Å². The second-order valence-corrected chi connectivity index (χ2v) is 6.50. The Morgan fingerprint density at radius 3 is 2.13 bits per heavy atom. The minimum Gasteiger partial charge on any atom is -0.469 e. The van der Waals surface area contributed by atoms with Gasteiger partial charge in [0, 0.05) is 23.4 Å². The summed E-state index contributed by atoms with van der Waals surface area (Å²) in [4.78, 5) is 27.9. The summed E-state index contributed by atoms with van der Waals surface area (Å²) in [5.74, 6) is -0.803. The molecule has 0 saturated heterocycles. The number of nitrogens with zero attached hydrogens (tertiary/aromatic N) is 1. The van der Waals surface area contributed by atoms with Crippen molar-refractivity contribution in [2.45, 2.75) is 67.4 Å². The maximum atomic E-state index is 12.2. The molecule has 5 nitrogen and oxygen atoms in total. The lowest BCUT2D eigenvalue weighted by Gasteiger charge is -2.15. The first-order valence-corrected chi connectivity index (χ1v) is 10.8. The molecule has 1 aromatic carbocycles. The second-order valence-electron chi connectivity index (χ2n) is 6.50. The van der Waals surface area contributed by atoms with E-state index < -0.39 is 12.1 Å². The Morgan fingerprint density at radius 1 is 1.00 bits per heavy atom. The number of pyridine rings is 1. The quantitative estimate of drug-likeness (QED) is 0.458. The lowest BCUT2D eigenvalue weighted by atomic mass is 9.93. The van der Waals surface area contributed by atoms with Crippen molar-refractivity contribution in [3.8, 4) is 11.1 Å². The van der Waals surface area contributed by atoms with Gasteiger partial charge in [0.05, 0.1) is 19.6 Å². The number of aliphatic hydroxyl groups excluding tert-OH is 1. The number of hydrogen-bond donors (Lipinski definition) is 1. The first kappa shape index (κ1) is 28.2. The minimum absolute atomic E-state index is 0.135. The SMILES string of the molecule is CC.CC.COC(=O)CC(O)CC(=O)/C=C/c1c(C)nc(C)c(C)c1-c1ccccc1. The standard InChI is InChI=1S/C22H25NO4.2C2H6/c1-14-15(2)23-16(3)20(22(14)17-8-6-5-7-9-17)11-10-18(24)12-19(25)13-21(26)27-4;2*1-2/h5-11,19,25H,12-13H2,1-4H3;2*1-2H3/b11-10+;;. The van der Waals surface area contributed by atoms with E-state index in [0.29, 0.717) is 0 Å². The van der Waals surface area contributed by atoms with Gasteiger partial charge in [-0.25, -0.2) is 0 Å². The maximum Gasteiger partial charge on any atom is 0.308 e. The van der Waals surface area contributed by atoms with Crippen LogP contribution < -0.4 is 0 Å². The predicted molar refractivity (Wildman–Crippen MR) is 128 cm³/mol. The van der Waals surface area contributed by atoms with Crippen molar-refractivity contribution in [3.05, 3.63) is 58.9 Å².